The molecule has 0 saturated heterocycles. The molecular weight excluding hydrogens is 296 g/mol. The number of pyridine rings is 1. The molecule has 23 heavy (non-hydrogen) atoms. The van der Waals surface area contributed by atoms with Gasteiger partial charge in [0.25, 0.3) is 11.5 Å². The Labute approximate surface area is 133 Å². The first-order valence-corrected chi connectivity index (χ1v) is 7.86. The Balaban J connectivity index is 1.65. The van der Waals surface area contributed by atoms with E-state index in [-0.39, 0.29) is 29.8 Å². The molecule has 2 unspecified atom stereocenters. The summed E-state index contributed by atoms with van der Waals surface area (Å²) in [7, 11) is 0. The fourth-order valence-electron chi connectivity index (χ4n) is 2.86. The van der Waals surface area contributed by atoms with E-state index in [9.17, 15) is 14.7 Å². The molecule has 1 aliphatic carbocycles. The van der Waals surface area contributed by atoms with E-state index in [1.807, 2.05) is 0 Å². The molecule has 1 aliphatic rings. The second-order valence-corrected chi connectivity index (χ2v) is 5.86. The van der Waals surface area contributed by atoms with Crippen LogP contribution in [0.5, 0.6) is 0 Å². The maximum absolute atomic E-state index is 12.2. The lowest BCUT2D eigenvalue weighted by Gasteiger charge is -2.27. The van der Waals surface area contributed by atoms with Gasteiger partial charge in [-0.25, -0.2) is 0 Å². The molecule has 1 fully saturated rings. The van der Waals surface area contributed by atoms with Crippen LogP contribution in [0.2, 0.25) is 0 Å². The molecule has 2 atom stereocenters. The molecule has 6 nitrogen and oxygen atoms in total. The highest BCUT2D eigenvalue weighted by Gasteiger charge is 2.25. The zero-order valence-corrected chi connectivity index (χ0v) is 12.8. The predicted molar refractivity (Wildman–Crippen MR) is 84.2 cm³/mol. The van der Waals surface area contributed by atoms with Gasteiger partial charge in [0.2, 0.25) is 0 Å². The van der Waals surface area contributed by atoms with Crippen molar-refractivity contribution in [3.63, 3.8) is 0 Å². The molecule has 2 N–H and O–H groups in total. The van der Waals surface area contributed by atoms with Crippen LogP contribution in [-0.4, -0.2) is 27.7 Å². The molecule has 0 radical (unpaired) electrons. The molecule has 2 aromatic rings. The Hall–Kier alpha value is -2.34. The van der Waals surface area contributed by atoms with Gasteiger partial charge < -0.3 is 19.4 Å². The molecule has 2 aromatic heterocycles. The van der Waals surface area contributed by atoms with E-state index >= 15 is 0 Å². The number of hydrogen-bond acceptors (Lipinski definition) is 4. The lowest BCUT2D eigenvalue weighted by atomic mass is 9.92. The zero-order valence-electron chi connectivity index (χ0n) is 12.8. The molecule has 0 aromatic carbocycles. The maximum atomic E-state index is 12.2. The van der Waals surface area contributed by atoms with Gasteiger partial charge in [0.1, 0.15) is 5.76 Å². The summed E-state index contributed by atoms with van der Waals surface area (Å²) in [4.78, 5) is 23.9. The largest absolute Gasteiger partial charge is 0.454 e. The summed E-state index contributed by atoms with van der Waals surface area (Å²) in [6, 6.07) is 7.97. The van der Waals surface area contributed by atoms with Crippen molar-refractivity contribution < 1.29 is 14.3 Å². The summed E-state index contributed by atoms with van der Waals surface area (Å²) in [6.45, 7) is 0.277. The lowest BCUT2D eigenvalue weighted by molar-refractivity contribution is 0.0697. The number of aromatic nitrogens is 1. The summed E-state index contributed by atoms with van der Waals surface area (Å²) in [5.74, 6) is 0.400. The zero-order chi connectivity index (χ0) is 16.2. The summed E-state index contributed by atoms with van der Waals surface area (Å²) in [5, 5.41) is 12.7. The van der Waals surface area contributed by atoms with Crippen molar-refractivity contribution in [2.45, 2.75) is 44.4 Å². The molecule has 0 aliphatic heterocycles. The minimum atomic E-state index is -0.495. The topological polar surface area (TPSA) is 84.5 Å². The van der Waals surface area contributed by atoms with Gasteiger partial charge in [0.05, 0.1) is 18.7 Å². The molecular formula is C17H20N2O4. The van der Waals surface area contributed by atoms with Crippen LogP contribution in [0.3, 0.4) is 0 Å². The van der Waals surface area contributed by atoms with Crippen LogP contribution in [0.4, 0.5) is 0 Å². The van der Waals surface area contributed by atoms with Gasteiger partial charge >= 0.3 is 0 Å². The Morgan fingerprint density at radius 1 is 1.26 bits per heavy atom. The average molecular weight is 316 g/mol. The van der Waals surface area contributed by atoms with Crippen molar-refractivity contribution in [3.05, 3.63) is 58.4 Å². The van der Waals surface area contributed by atoms with Crippen molar-refractivity contribution in [1.29, 1.82) is 0 Å². The lowest BCUT2D eigenvalue weighted by Crippen LogP contribution is -2.44. The van der Waals surface area contributed by atoms with Gasteiger partial charge in [-0.1, -0.05) is 18.9 Å². The molecule has 2 heterocycles. The highest BCUT2D eigenvalue weighted by Crippen LogP contribution is 2.19. The number of furan rings is 1. The number of nitrogens with one attached hydrogen (secondary N) is 1. The second kappa shape index (κ2) is 6.83. The van der Waals surface area contributed by atoms with Crippen LogP contribution in [0, 0.1) is 0 Å². The number of carbonyl (C=O) groups is 1. The van der Waals surface area contributed by atoms with Crippen LogP contribution >= 0.6 is 0 Å². The fraction of sp³-hybridized carbons (Fsp3) is 0.412. The predicted octanol–water partition coefficient (Wildman–Crippen LogP) is 1.52. The Kier molecular flexibility index (Phi) is 4.62. The number of aliphatic hydroxyl groups is 1. The molecule has 1 amide bonds. The van der Waals surface area contributed by atoms with Crippen molar-refractivity contribution in [2.75, 3.05) is 0 Å². The number of nitrogens with zero attached hydrogens (tertiary/aromatic N) is 1. The first kappa shape index (κ1) is 15.6. The normalized spacial score (nSPS) is 21.1. The average Bonchev–Trinajstić information content (AvgIpc) is 3.01. The van der Waals surface area contributed by atoms with Crippen molar-refractivity contribution in [1.82, 2.24) is 9.88 Å². The Morgan fingerprint density at radius 2 is 2.09 bits per heavy atom. The van der Waals surface area contributed by atoms with E-state index < -0.39 is 6.10 Å². The first-order chi connectivity index (χ1) is 11.1. The summed E-state index contributed by atoms with van der Waals surface area (Å²) < 4.78 is 7.03. The van der Waals surface area contributed by atoms with Crippen molar-refractivity contribution in [2.24, 2.45) is 0 Å². The third kappa shape index (κ3) is 3.71. The summed E-state index contributed by atoms with van der Waals surface area (Å²) >= 11 is 0. The van der Waals surface area contributed by atoms with Crippen LogP contribution in [0.1, 0.15) is 42.0 Å². The van der Waals surface area contributed by atoms with Gasteiger partial charge in [-0.05, 0) is 31.0 Å². The molecule has 122 valence electrons. The van der Waals surface area contributed by atoms with E-state index in [0.29, 0.717) is 12.2 Å². The minimum Gasteiger partial charge on any atom is -0.454 e. The van der Waals surface area contributed by atoms with Crippen molar-refractivity contribution in [3.8, 4) is 0 Å². The second-order valence-electron chi connectivity index (χ2n) is 5.86. The van der Waals surface area contributed by atoms with Gasteiger partial charge in [0, 0.05) is 12.3 Å². The van der Waals surface area contributed by atoms with Crippen LogP contribution in [0.15, 0.2) is 45.7 Å². The highest BCUT2D eigenvalue weighted by atomic mass is 16.4. The van der Waals surface area contributed by atoms with E-state index in [1.165, 1.54) is 10.6 Å². The van der Waals surface area contributed by atoms with Crippen molar-refractivity contribution >= 4 is 5.91 Å². The minimum absolute atomic E-state index is 0.125. The Morgan fingerprint density at radius 3 is 2.87 bits per heavy atom. The van der Waals surface area contributed by atoms with Gasteiger partial charge in [-0.15, -0.1) is 0 Å². The molecule has 1 saturated carbocycles. The smallest absolute Gasteiger partial charge is 0.287 e. The third-order valence-corrected chi connectivity index (χ3v) is 4.16. The number of carbonyl (C=O) groups excluding carboxylic acids is 1. The number of rotatable bonds is 4. The maximum Gasteiger partial charge on any atom is 0.287 e. The molecule has 0 bridgehead atoms. The Bertz CT molecular complexity index is 734. The molecule has 3 rings (SSSR count). The SMILES string of the molecule is O=C(NC1CCCCC1O)c1ccc(Cn2ccccc2=O)o1. The van der Waals surface area contributed by atoms with Gasteiger partial charge in [0.15, 0.2) is 5.76 Å². The summed E-state index contributed by atoms with van der Waals surface area (Å²) in [6.07, 6.45) is 4.66. The van der Waals surface area contributed by atoms with Crippen LogP contribution in [0.25, 0.3) is 0 Å². The van der Waals surface area contributed by atoms with Gasteiger partial charge in [-0.2, -0.15) is 0 Å². The van der Waals surface area contributed by atoms with E-state index in [1.54, 1.807) is 30.5 Å². The summed E-state index contributed by atoms with van der Waals surface area (Å²) in [5.41, 5.74) is -0.125. The molecule has 0 spiro atoms. The number of aliphatic hydroxyl groups excluding tert-OH is 1. The third-order valence-electron chi connectivity index (χ3n) is 4.16. The number of amides is 1. The standard InChI is InChI=1S/C17H20N2O4/c20-14-6-2-1-5-13(14)18-17(22)15-9-8-12(23-15)11-19-10-4-3-7-16(19)21/h3-4,7-10,13-14,20H,1-2,5-6,11H2,(H,18,22). The monoisotopic (exact) mass is 316 g/mol. The van der Waals surface area contributed by atoms with E-state index in [2.05, 4.69) is 5.32 Å². The first-order valence-electron chi connectivity index (χ1n) is 7.86. The number of hydrogen-bond donors (Lipinski definition) is 2. The van der Waals surface area contributed by atoms with Crippen LogP contribution < -0.4 is 10.9 Å². The fourth-order valence-corrected chi connectivity index (χ4v) is 2.86. The van der Waals surface area contributed by atoms with E-state index in [4.69, 9.17) is 4.42 Å². The van der Waals surface area contributed by atoms with Gasteiger partial charge in [-0.3, -0.25) is 9.59 Å². The quantitative estimate of drug-likeness (QED) is 0.896. The van der Waals surface area contributed by atoms with E-state index in [0.717, 1.165) is 19.3 Å². The van der Waals surface area contributed by atoms with Crippen LogP contribution in [-0.2, 0) is 6.54 Å². The highest BCUT2D eigenvalue weighted by molar-refractivity contribution is 5.91. The molecule has 6 heteroatoms.